The van der Waals surface area contributed by atoms with Crippen LogP contribution >= 0.6 is 0 Å². The van der Waals surface area contributed by atoms with Crippen LogP contribution in [0.4, 0.5) is 5.69 Å². The van der Waals surface area contributed by atoms with Crippen molar-refractivity contribution in [3.05, 3.63) is 41.7 Å². The topological polar surface area (TPSA) is 59.8 Å². The first kappa shape index (κ1) is 10.0. The average molecular weight is 228 g/mol. The first-order chi connectivity index (χ1) is 8.27. The van der Waals surface area contributed by atoms with Crippen molar-refractivity contribution in [1.29, 1.82) is 0 Å². The lowest BCUT2D eigenvalue weighted by Gasteiger charge is -2.08. The molecule has 0 saturated carbocycles. The summed E-state index contributed by atoms with van der Waals surface area (Å²) >= 11 is 0. The summed E-state index contributed by atoms with van der Waals surface area (Å²) in [6.07, 6.45) is 1.52. The number of nitrogens with zero attached hydrogens (tertiary/aromatic N) is 3. The highest BCUT2D eigenvalue weighted by Gasteiger charge is 2.30. The van der Waals surface area contributed by atoms with Crippen molar-refractivity contribution in [1.82, 2.24) is 15.0 Å². The van der Waals surface area contributed by atoms with Crippen LogP contribution in [0, 0.1) is 0 Å². The van der Waals surface area contributed by atoms with E-state index in [1.54, 1.807) is 7.05 Å². The van der Waals surface area contributed by atoms with Gasteiger partial charge in [0.1, 0.15) is 5.69 Å². The highest BCUT2D eigenvalue weighted by Crippen LogP contribution is 2.32. The minimum atomic E-state index is -0.136. The number of para-hydroxylation sites is 1. The van der Waals surface area contributed by atoms with Crippen LogP contribution in [0.25, 0.3) is 0 Å². The maximum absolute atomic E-state index is 12.4. The molecule has 1 aromatic heterocycles. The second kappa shape index (κ2) is 3.69. The lowest BCUT2D eigenvalue weighted by molar-refractivity contribution is 0.0957. The van der Waals surface area contributed by atoms with E-state index in [4.69, 9.17) is 0 Å². The quantitative estimate of drug-likeness (QED) is 0.785. The van der Waals surface area contributed by atoms with Crippen LogP contribution in [0.15, 0.2) is 30.5 Å². The molecule has 0 aliphatic carbocycles. The van der Waals surface area contributed by atoms with Gasteiger partial charge in [0.25, 0.3) is 0 Å². The summed E-state index contributed by atoms with van der Waals surface area (Å²) in [6, 6.07) is 7.89. The number of fused-ring (bicyclic) bond motifs is 1. The number of hydrogen-bond acceptors (Lipinski definition) is 4. The summed E-state index contributed by atoms with van der Waals surface area (Å²) < 4.78 is 1.52. The van der Waals surface area contributed by atoms with Gasteiger partial charge >= 0.3 is 0 Å². The number of benzene rings is 1. The molecular weight excluding hydrogens is 216 g/mol. The van der Waals surface area contributed by atoms with Crippen LogP contribution < -0.4 is 5.32 Å². The highest BCUT2D eigenvalue weighted by molar-refractivity contribution is 6.01. The zero-order chi connectivity index (χ0) is 11.8. The smallest absolute Gasteiger partial charge is 0.191 e. The molecule has 5 nitrogen and oxygen atoms in total. The Bertz CT molecular complexity index is 575. The molecule has 86 valence electrons. The number of hydrogen-bond donors (Lipinski definition) is 1. The summed E-state index contributed by atoms with van der Waals surface area (Å²) in [6.45, 7) is 0.642. The zero-order valence-electron chi connectivity index (χ0n) is 9.42. The van der Waals surface area contributed by atoms with Crippen molar-refractivity contribution in [2.45, 2.75) is 5.92 Å². The fourth-order valence-electron chi connectivity index (χ4n) is 2.21. The molecule has 2 aromatic rings. The van der Waals surface area contributed by atoms with Gasteiger partial charge in [-0.15, -0.1) is 5.10 Å². The maximum Gasteiger partial charge on any atom is 0.191 e. The largest absolute Gasteiger partial charge is 0.384 e. The molecule has 0 saturated heterocycles. The molecule has 1 aliphatic rings. The Hall–Kier alpha value is -2.17. The number of carbonyl (C=O) groups excluding carboxylic acids is 1. The lowest BCUT2D eigenvalue weighted by Crippen LogP contribution is -2.17. The minimum Gasteiger partial charge on any atom is -0.384 e. The molecule has 2 heterocycles. The van der Waals surface area contributed by atoms with Gasteiger partial charge in [0.2, 0.25) is 0 Å². The molecule has 1 aromatic carbocycles. The number of aryl methyl sites for hydroxylation is 1. The number of nitrogens with one attached hydrogen (secondary N) is 1. The van der Waals surface area contributed by atoms with Crippen molar-refractivity contribution in [2.24, 2.45) is 7.05 Å². The van der Waals surface area contributed by atoms with E-state index in [1.807, 2.05) is 24.3 Å². The standard InChI is InChI=1S/C12H12N4O/c1-16-11(7-14-15-16)12(17)9-6-13-10-5-3-2-4-8(9)10/h2-5,7,9,13H,6H2,1H3. The second-order valence-electron chi connectivity index (χ2n) is 4.13. The number of aromatic nitrogens is 3. The van der Waals surface area contributed by atoms with E-state index in [0.29, 0.717) is 12.2 Å². The summed E-state index contributed by atoms with van der Waals surface area (Å²) in [4.78, 5) is 12.4. The van der Waals surface area contributed by atoms with E-state index >= 15 is 0 Å². The van der Waals surface area contributed by atoms with Gasteiger partial charge < -0.3 is 5.32 Å². The Morgan fingerprint density at radius 2 is 2.29 bits per heavy atom. The Labute approximate surface area is 98.4 Å². The van der Waals surface area contributed by atoms with Crippen molar-refractivity contribution in [2.75, 3.05) is 11.9 Å². The van der Waals surface area contributed by atoms with Crippen molar-refractivity contribution < 1.29 is 4.79 Å². The summed E-state index contributed by atoms with van der Waals surface area (Å²) in [5.41, 5.74) is 2.65. The molecule has 0 bridgehead atoms. The predicted molar refractivity (Wildman–Crippen MR) is 63.0 cm³/mol. The first-order valence-corrected chi connectivity index (χ1v) is 5.49. The second-order valence-corrected chi connectivity index (χ2v) is 4.13. The lowest BCUT2D eigenvalue weighted by atomic mass is 9.95. The third kappa shape index (κ3) is 1.51. The molecule has 3 rings (SSSR count). The van der Waals surface area contributed by atoms with E-state index in [-0.39, 0.29) is 11.7 Å². The Morgan fingerprint density at radius 1 is 1.47 bits per heavy atom. The van der Waals surface area contributed by atoms with Gasteiger partial charge in [0.05, 0.1) is 12.1 Å². The third-order valence-electron chi connectivity index (χ3n) is 3.12. The molecule has 0 fully saturated rings. The summed E-state index contributed by atoms with van der Waals surface area (Å²) in [7, 11) is 1.73. The summed E-state index contributed by atoms with van der Waals surface area (Å²) in [5, 5.41) is 10.8. The molecule has 1 aliphatic heterocycles. The van der Waals surface area contributed by atoms with Crippen LogP contribution in [-0.2, 0) is 7.05 Å². The Morgan fingerprint density at radius 3 is 3.06 bits per heavy atom. The number of anilines is 1. The van der Waals surface area contributed by atoms with E-state index in [9.17, 15) is 4.79 Å². The SMILES string of the molecule is Cn1nncc1C(=O)C1CNc2ccccc21. The van der Waals surface area contributed by atoms with Crippen LogP contribution in [0.2, 0.25) is 0 Å². The molecule has 1 unspecified atom stereocenters. The first-order valence-electron chi connectivity index (χ1n) is 5.49. The third-order valence-corrected chi connectivity index (χ3v) is 3.12. The number of ketones is 1. The fourth-order valence-corrected chi connectivity index (χ4v) is 2.21. The van der Waals surface area contributed by atoms with Crippen LogP contribution in [0.3, 0.4) is 0 Å². The van der Waals surface area contributed by atoms with E-state index < -0.39 is 0 Å². The molecule has 17 heavy (non-hydrogen) atoms. The van der Waals surface area contributed by atoms with Crippen LogP contribution in [0.1, 0.15) is 22.0 Å². The number of rotatable bonds is 2. The number of carbonyl (C=O) groups is 1. The van der Waals surface area contributed by atoms with Gasteiger partial charge in [-0.05, 0) is 11.6 Å². The van der Waals surface area contributed by atoms with E-state index in [0.717, 1.165) is 11.3 Å². The Balaban J connectivity index is 1.98. The van der Waals surface area contributed by atoms with Crippen molar-refractivity contribution in [3.63, 3.8) is 0 Å². The molecule has 0 amide bonds. The van der Waals surface area contributed by atoms with Crippen molar-refractivity contribution in [3.8, 4) is 0 Å². The predicted octanol–water partition coefficient (Wildman–Crippen LogP) is 1.21. The fraction of sp³-hybridized carbons (Fsp3) is 0.250. The van der Waals surface area contributed by atoms with Crippen molar-refractivity contribution >= 4 is 11.5 Å². The van der Waals surface area contributed by atoms with E-state index in [1.165, 1.54) is 10.9 Å². The maximum atomic E-state index is 12.4. The van der Waals surface area contributed by atoms with Crippen LogP contribution in [-0.4, -0.2) is 27.3 Å². The zero-order valence-corrected chi connectivity index (χ0v) is 9.42. The highest BCUT2D eigenvalue weighted by atomic mass is 16.1. The molecule has 0 radical (unpaired) electrons. The van der Waals surface area contributed by atoms with Gasteiger partial charge in [0.15, 0.2) is 5.78 Å². The molecule has 1 atom stereocenters. The normalized spacial score (nSPS) is 17.6. The average Bonchev–Trinajstić information content (AvgIpc) is 2.94. The van der Waals surface area contributed by atoms with Gasteiger partial charge in [-0.2, -0.15) is 0 Å². The molecule has 5 heteroatoms. The summed E-state index contributed by atoms with van der Waals surface area (Å²) in [5.74, 6) is -0.0710. The van der Waals surface area contributed by atoms with Gasteiger partial charge in [-0.1, -0.05) is 23.4 Å². The minimum absolute atomic E-state index is 0.0648. The van der Waals surface area contributed by atoms with E-state index in [2.05, 4.69) is 15.6 Å². The number of Topliss-reactive ketones (excluding diaryl/α,β-unsaturated/α-hetero) is 1. The van der Waals surface area contributed by atoms with Gasteiger partial charge in [-0.25, -0.2) is 4.68 Å². The molecule has 1 N–H and O–H groups in total. The van der Waals surface area contributed by atoms with Gasteiger partial charge in [-0.3, -0.25) is 4.79 Å². The van der Waals surface area contributed by atoms with Crippen LogP contribution in [0.5, 0.6) is 0 Å². The van der Waals surface area contributed by atoms with Gasteiger partial charge in [0, 0.05) is 19.3 Å². The Kier molecular flexibility index (Phi) is 2.18. The monoisotopic (exact) mass is 228 g/mol. The molecular formula is C12H12N4O. The molecule has 0 spiro atoms.